The standard InChI is InChI=1S/C21H27IN4O3/c1-13-17(22)18(15-7-6-8-16(27)24(15)5)23-26(13)14-9-21(10-14)11-25(12-21)19(28)29-20(2,3)4/h6-8,14H,9-12H2,1-5H3. The number of halogens is 1. The van der Waals surface area contributed by atoms with Crippen molar-refractivity contribution in [2.45, 2.75) is 52.2 Å². The van der Waals surface area contributed by atoms with E-state index in [1.54, 1.807) is 28.6 Å². The number of likely N-dealkylation sites (tertiary alicyclic amines) is 1. The van der Waals surface area contributed by atoms with E-state index in [0.717, 1.165) is 46.6 Å². The largest absolute Gasteiger partial charge is 0.444 e. The third-order valence-corrected chi connectivity index (χ3v) is 7.18. The van der Waals surface area contributed by atoms with Crippen LogP contribution >= 0.6 is 22.6 Å². The lowest BCUT2D eigenvalue weighted by Crippen LogP contribution is -2.64. The minimum atomic E-state index is -0.460. The van der Waals surface area contributed by atoms with Crippen molar-refractivity contribution < 1.29 is 9.53 Å². The minimum Gasteiger partial charge on any atom is -0.444 e. The van der Waals surface area contributed by atoms with Crippen LogP contribution in [-0.2, 0) is 11.8 Å². The highest BCUT2D eigenvalue weighted by Crippen LogP contribution is 2.54. The number of rotatable bonds is 2. The molecule has 2 aromatic rings. The average Bonchev–Trinajstić information content (AvgIpc) is 2.82. The molecule has 0 atom stereocenters. The van der Waals surface area contributed by atoms with E-state index in [0.29, 0.717) is 6.04 Å². The van der Waals surface area contributed by atoms with E-state index in [9.17, 15) is 9.59 Å². The lowest BCUT2D eigenvalue weighted by molar-refractivity contribution is -0.0930. The topological polar surface area (TPSA) is 69.4 Å². The summed E-state index contributed by atoms with van der Waals surface area (Å²) in [6.07, 6.45) is 1.81. The Morgan fingerprint density at radius 1 is 1.28 bits per heavy atom. The third-order valence-electron chi connectivity index (χ3n) is 5.89. The van der Waals surface area contributed by atoms with Crippen molar-refractivity contribution >= 4 is 28.7 Å². The van der Waals surface area contributed by atoms with Crippen LogP contribution in [-0.4, -0.2) is 44.0 Å². The fourth-order valence-electron chi connectivity index (χ4n) is 4.41. The summed E-state index contributed by atoms with van der Waals surface area (Å²) in [5, 5.41) is 4.87. The molecule has 29 heavy (non-hydrogen) atoms. The van der Waals surface area contributed by atoms with Crippen LogP contribution in [0, 0.1) is 15.9 Å². The van der Waals surface area contributed by atoms with Gasteiger partial charge in [-0.05, 0) is 69.2 Å². The van der Waals surface area contributed by atoms with Crippen molar-refractivity contribution in [3.05, 3.63) is 37.8 Å². The molecular formula is C21H27IN4O3. The molecule has 1 amide bonds. The summed E-state index contributed by atoms with van der Waals surface area (Å²) >= 11 is 2.32. The van der Waals surface area contributed by atoms with E-state index in [1.165, 1.54) is 0 Å². The van der Waals surface area contributed by atoms with Gasteiger partial charge in [0, 0.05) is 37.3 Å². The van der Waals surface area contributed by atoms with Crippen molar-refractivity contribution in [1.82, 2.24) is 19.2 Å². The lowest BCUT2D eigenvalue weighted by Gasteiger charge is -2.58. The Balaban J connectivity index is 1.46. The number of amides is 1. The van der Waals surface area contributed by atoms with Crippen molar-refractivity contribution in [2.24, 2.45) is 12.5 Å². The molecule has 1 aliphatic carbocycles. The molecule has 8 heteroatoms. The molecule has 1 saturated carbocycles. The molecular weight excluding hydrogens is 483 g/mol. The molecule has 2 aliphatic rings. The summed E-state index contributed by atoms with van der Waals surface area (Å²) in [5.41, 5.74) is 2.51. The van der Waals surface area contributed by atoms with Gasteiger partial charge in [-0.15, -0.1) is 0 Å². The van der Waals surface area contributed by atoms with Crippen LogP contribution in [0.1, 0.15) is 45.3 Å². The van der Waals surface area contributed by atoms with Gasteiger partial charge >= 0.3 is 6.09 Å². The van der Waals surface area contributed by atoms with Crippen LogP contribution in [0.3, 0.4) is 0 Å². The average molecular weight is 510 g/mol. The van der Waals surface area contributed by atoms with Gasteiger partial charge in [0.25, 0.3) is 5.56 Å². The summed E-state index contributed by atoms with van der Waals surface area (Å²) < 4.78 is 10.3. The van der Waals surface area contributed by atoms with Crippen LogP contribution in [0.15, 0.2) is 23.0 Å². The Hall–Kier alpha value is -1.84. The van der Waals surface area contributed by atoms with E-state index in [-0.39, 0.29) is 17.1 Å². The van der Waals surface area contributed by atoms with Crippen LogP contribution in [0.4, 0.5) is 4.79 Å². The Kier molecular flexibility index (Phi) is 4.83. The number of carbonyl (C=O) groups is 1. The van der Waals surface area contributed by atoms with E-state index in [2.05, 4.69) is 34.2 Å². The highest BCUT2D eigenvalue weighted by Gasteiger charge is 2.55. The van der Waals surface area contributed by atoms with E-state index in [1.807, 2.05) is 26.8 Å². The summed E-state index contributed by atoms with van der Waals surface area (Å²) in [6, 6.07) is 5.60. The van der Waals surface area contributed by atoms with Gasteiger partial charge in [0.05, 0.1) is 15.3 Å². The summed E-state index contributed by atoms with van der Waals surface area (Å²) in [6.45, 7) is 9.27. The highest BCUT2D eigenvalue weighted by atomic mass is 127. The number of carbonyl (C=O) groups excluding carboxylic acids is 1. The van der Waals surface area contributed by atoms with Gasteiger partial charge < -0.3 is 14.2 Å². The first kappa shape index (κ1) is 20.4. The maximum absolute atomic E-state index is 12.2. The first-order chi connectivity index (χ1) is 13.5. The number of nitrogens with zero attached hydrogens (tertiary/aromatic N) is 4. The van der Waals surface area contributed by atoms with E-state index in [4.69, 9.17) is 9.84 Å². The summed E-state index contributed by atoms with van der Waals surface area (Å²) in [5.74, 6) is 0. The third kappa shape index (κ3) is 3.60. The molecule has 2 aromatic heterocycles. The van der Waals surface area contributed by atoms with Crippen molar-refractivity contribution in [3.63, 3.8) is 0 Å². The lowest BCUT2D eigenvalue weighted by atomic mass is 9.61. The molecule has 2 fully saturated rings. The quantitative estimate of drug-likeness (QED) is 0.578. The van der Waals surface area contributed by atoms with E-state index < -0.39 is 5.60 Å². The second-order valence-corrected chi connectivity index (χ2v) is 10.5. The number of pyridine rings is 1. The van der Waals surface area contributed by atoms with Crippen molar-refractivity contribution in [2.75, 3.05) is 13.1 Å². The fraction of sp³-hybridized carbons (Fsp3) is 0.571. The zero-order chi connectivity index (χ0) is 21.1. The van der Waals surface area contributed by atoms with Crippen molar-refractivity contribution in [3.8, 4) is 11.4 Å². The first-order valence-corrected chi connectivity index (χ1v) is 11.0. The van der Waals surface area contributed by atoms with Gasteiger partial charge in [0.15, 0.2) is 0 Å². The second kappa shape index (κ2) is 6.85. The molecule has 1 aliphatic heterocycles. The number of hydrogen-bond acceptors (Lipinski definition) is 4. The van der Waals surface area contributed by atoms with Crippen LogP contribution in [0.5, 0.6) is 0 Å². The number of aromatic nitrogens is 3. The van der Waals surface area contributed by atoms with Crippen LogP contribution in [0.25, 0.3) is 11.4 Å². The molecule has 0 bridgehead atoms. The Labute approximate surface area is 184 Å². The van der Waals surface area contributed by atoms with Crippen molar-refractivity contribution in [1.29, 1.82) is 0 Å². The highest BCUT2D eigenvalue weighted by molar-refractivity contribution is 14.1. The molecule has 4 rings (SSSR count). The van der Waals surface area contributed by atoms with Gasteiger partial charge in [0.1, 0.15) is 11.3 Å². The maximum Gasteiger partial charge on any atom is 0.410 e. The van der Waals surface area contributed by atoms with E-state index >= 15 is 0 Å². The Morgan fingerprint density at radius 3 is 2.55 bits per heavy atom. The molecule has 1 saturated heterocycles. The van der Waals surface area contributed by atoms with Gasteiger partial charge in [0.2, 0.25) is 0 Å². The fourth-order valence-corrected chi connectivity index (χ4v) is 5.04. The zero-order valence-corrected chi connectivity index (χ0v) is 19.7. The first-order valence-electron chi connectivity index (χ1n) is 9.89. The molecule has 3 heterocycles. The molecule has 0 N–H and O–H groups in total. The zero-order valence-electron chi connectivity index (χ0n) is 17.5. The predicted molar refractivity (Wildman–Crippen MR) is 119 cm³/mol. The van der Waals surface area contributed by atoms with Gasteiger partial charge in [-0.2, -0.15) is 5.10 Å². The monoisotopic (exact) mass is 510 g/mol. The molecule has 0 radical (unpaired) electrons. The molecule has 1 spiro atoms. The summed E-state index contributed by atoms with van der Waals surface area (Å²) in [7, 11) is 1.78. The normalized spacial score (nSPS) is 18.5. The van der Waals surface area contributed by atoms with Gasteiger partial charge in [-0.25, -0.2) is 4.79 Å². The molecule has 0 aromatic carbocycles. The SMILES string of the molecule is Cc1c(I)c(-c2cccc(=O)n2C)nn1C1CC2(C1)CN(C(=O)OC(C)(C)C)C2. The molecule has 0 unspecified atom stereocenters. The predicted octanol–water partition coefficient (Wildman–Crippen LogP) is 3.73. The number of ether oxygens (including phenoxy) is 1. The maximum atomic E-state index is 12.2. The molecule has 156 valence electrons. The van der Waals surface area contributed by atoms with Gasteiger partial charge in [-0.3, -0.25) is 9.48 Å². The summed E-state index contributed by atoms with van der Waals surface area (Å²) in [4.78, 5) is 26.0. The van der Waals surface area contributed by atoms with Gasteiger partial charge in [-0.1, -0.05) is 6.07 Å². The Morgan fingerprint density at radius 2 is 1.93 bits per heavy atom. The Bertz CT molecular complexity index is 1020. The number of hydrogen-bond donors (Lipinski definition) is 0. The minimum absolute atomic E-state index is 0.0372. The van der Waals surface area contributed by atoms with Crippen LogP contribution < -0.4 is 5.56 Å². The smallest absolute Gasteiger partial charge is 0.410 e. The second-order valence-electron chi connectivity index (χ2n) is 9.40. The van der Waals surface area contributed by atoms with Crippen LogP contribution in [0.2, 0.25) is 0 Å². The molecule has 7 nitrogen and oxygen atoms in total.